The molecule has 3 N–H and O–H groups in total. The molecule has 1 aromatic carbocycles. The average molecular weight is 480 g/mol. The number of aliphatic imine (C=N–C) groups is 1. The summed E-state index contributed by atoms with van der Waals surface area (Å²) in [6.45, 7) is 3.98. The van der Waals surface area contributed by atoms with Gasteiger partial charge in [0.1, 0.15) is 5.75 Å². The number of hydrogen-bond acceptors (Lipinski definition) is 3. The predicted molar refractivity (Wildman–Crippen MR) is 114 cm³/mol. The van der Waals surface area contributed by atoms with Gasteiger partial charge in [0.2, 0.25) is 0 Å². The van der Waals surface area contributed by atoms with Crippen LogP contribution in [0.5, 0.6) is 5.75 Å². The summed E-state index contributed by atoms with van der Waals surface area (Å²) in [4.78, 5) is 5.66. The molecule has 2 aromatic rings. The van der Waals surface area contributed by atoms with Crippen molar-refractivity contribution < 1.29 is 4.74 Å². The number of nitrogens with two attached hydrogens (primary N) is 1. The smallest absolute Gasteiger partial charge is 0.188 e. The number of benzene rings is 1. The summed E-state index contributed by atoms with van der Waals surface area (Å²) >= 11 is 7.79. The van der Waals surface area contributed by atoms with Crippen molar-refractivity contribution in [2.45, 2.75) is 19.8 Å². The van der Waals surface area contributed by atoms with E-state index in [0.717, 1.165) is 24.2 Å². The molecule has 0 aliphatic carbocycles. The Labute approximate surface area is 169 Å². The maximum Gasteiger partial charge on any atom is 0.188 e. The molecule has 0 saturated heterocycles. The monoisotopic (exact) mass is 479 g/mol. The highest BCUT2D eigenvalue weighted by Crippen LogP contribution is 2.23. The van der Waals surface area contributed by atoms with E-state index in [2.05, 4.69) is 21.8 Å². The molecular weight excluding hydrogens is 457 g/mol. The highest BCUT2D eigenvalue weighted by Gasteiger charge is 2.04. The van der Waals surface area contributed by atoms with Gasteiger partial charge in [0, 0.05) is 29.4 Å². The maximum atomic E-state index is 6.05. The lowest BCUT2D eigenvalue weighted by atomic mass is 10.1. The second-order valence-corrected chi connectivity index (χ2v) is 6.43. The van der Waals surface area contributed by atoms with E-state index in [1.165, 1.54) is 4.88 Å². The first-order valence-corrected chi connectivity index (χ1v) is 8.92. The number of thiophene rings is 1. The highest BCUT2D eigenvalue weighted by atomic mass is 127. The van der Waals surface area contributed by atoms with Gasteiger partial charge in [0.15, 0.2) is 5.96 Å². The Kier molecular flexibility index (Phi) is 10.1. The summed E-state index contributed by atoms with van der Waals surface area (Å²) in [6, 6.07) is 9.83. The molecule has 0 saturated carbocycles. The van der Waals surface area contributed by atoms with E-state index in [9.17, 15) is 0 Å². The van der Waals surface area contributed by atoms with Crippen molar-refractivity contribution >= 4 is 52.9 Å². The number of halogens is 2. The SMILES string of the molecule is CCOc1ccc(Cl)cc1CCNC(N)=NCCc1cccs1.I. The van der Waals surface area contributed by atoms with Gasteiger partial charge in [0.05, 0.1) is 6.61 Å². The van der Waals surface area contributed by atoms with Crippen LogP contribution in [0.1, 0.15) is 17.4 Å². The maximum absolute atomic E-state index is 6.05. The summed E-state index contributed by atoms with van der Waals surface area (Å²) in [7, 11) is 0. The second-order valence-electron chi connectivity index (χ2n) is 4.96. The zero-order valence-electron chi connectivity index (χ0n) is 13.6. The molecule has 24 heavy (non-hydrogen) atoms. The molecule has 0 aliphatic rings. The third-order valence-electron chi connectivity index (χ3n) is 3.24. The Hall–Kier alpha value is -0.990. The van der Waals surface area contributed by atoms with Gasteiger partial charge >= 0.3 is 0 Å². The third kappa shape index (κ3) is 7.27. The fraction of sp³-hybridized carbons (Fsp3) is 0.353. The van der Waals surface area contributed by atoms with Crippen molar-refractivity contribution in [1.82, 2.24) is 5.32 Å². The van der Waals surface area contributed by atoms with Gasteiger partial charge in [-0.15, -0.1) is 35.3 Å². The van der Waals surface area contributed by atoms with Crippen LogP contribution in [-0.4, -0.2) is 25.7 Å². The predicted octanol–water partition coefficient (Wildman–Crippen LogP) is 4.11. The van der Waals surface area contributed by atoms with Crippen LogP contribution < -0.4 is 15.8 Å². The van der Waals surface area contributed by atoms with Crippen molar-refractivity contribution in [2.24, 2.45) is 10.7 Å². The lowest BCUT2D eigenvalue weighted by molar-refractivity contribution is 0.336. The van der Waals surface area contributed by atoms with Crippen molar-refractivity contribution in [1.29, 1.82) is 0 Å². The van der Waals surface area contributed by atoms with Crippen molar-refractivity contribution in [3.05, 3.63) is 51.2 Å². The van der Waals surface area contributed by atoms with Crippen LogP contribution in [0.15, 0.2) is 40.7 Å². The van der Waals surface area contributed by atoms with E-state index < -0.39 is 0 Å². The molecule has 1 heterocycles. The molecule has 7 heteroatoms. The van der Waals surface area contributed by atoms with E-state index in [1.54, 1.807) is 11.3 Å². The normalized spacial score (nSPS) is 11.0. The summed E-state index contributed by atoms with van der Waals surface area (Å²) < 4.78 is 5.61. The van der Waals surface area contributed by atoms with Crippen LogP contribution in [0.2, 0.25) is 5.02 Å². The molecule has 0 bridgehead atoms. The molecule has 0 amide bonds. The second kappa shape index (κ2) is 11.5. The molecule has 0 radical (unpaired) electrons. The van der Waals surface area contributed by atoms with Gasteiger partial charge in [-0.2, -0.15) is 0 Å². The summed E-state index contributed by atoms with van der Waals surface area (Å²) in [5.41, 5.74) is 6.96. The topological polar surface area (TPSA) is 59.6 Å². The lowest BCUT2D eigenvalue weighted by Crippen LogP contribution is -2.33. The first-order chi connectivity index (χ1) is 11.2. The minimum absolute atomic E-state index is 0. The van der Waals surface area contributed by atoms with Gasteiger partial charge in [-0.3, -0.25) is 4.99 Å². The Bertz CT molecular complexity index is 635. The molecule has 132 valence electrons. The molecular formula is C17H23ClIN3OS. The van der Waals surface area contributed by atoms with Gasteiger partial charge in [-0.05, 0) is 48.6 Å². The minimum Gasteiger partial charge on any atom is -0.494 e. The number of guanidine groups is 1. The Balaban J connectivity index is 0.00000288. The van der Waals surface area contributed by atoms with Gasteiger partial charge in [0.25, 0.3) is 0 Å². The van der Waals surface area contributed by atoms with Crippen LogP contribution in [0.3, 0.4) is 0 Å². The summed E-state index contributed by atoms with van der Waals surface area (Å²) in [5.74, 6) is 1.34. The lowest BCUT2D eigenvalue weighted by Gasteiger charge is -2.11. The number of nitrogens with one attached hydrogen (secondary N) is 1. The number of hydrogen-bond donors (Lipinski definition) is 2. The van der Waals surface area contributed by atoms with Crippen LogP contribution >= 0.6 is 46.9 Å². The van der Waals surface area contributed by atoms with Crippen molar-refractivity contribution in [3.63, 3.8) is 0 Å². The number of ether oxygens (including phenoxy) is 1. The minimum atomic E-state index is 0. The van der Waals surface area contributed by atoms with Gasteiger partial charge in [-0.1, -0.05) is 17.7 Å². The Morgan fingerprint density at radius 2 is 2.17 bits per heavy atom. The Morgan fingerprint density at radius 1 is 1.33 bits per heavy atom. The molecule has 0 unspecified atom stereocenters. The van der Waals surface area contributed by atoms with E-state index in [4.69, 9.17) is 22.1 Å². The molecule has 0 aliphatic heterocycles. The van der Waals surface area contributed by atoms with Gasteiger partial charge in [-0.25, -0.2) is 0 Å². The first-order valence-electron chi connectivity index (χ1n) is 7.66. The summed E-state index contributed by atoms with van der Waals surface area (Å²) in [5, 5.41) is 5.91. The highest BCUT2D eigenvalue weighted by molar-refractivity contribution is 14.0. The van der Waals surface area contributed by atoms with Crippen LogP contribution in [0.4, 0.5) is 0 Å². The Morgan fingerprint density at radius 3 is 2.88 bits per heavy atom. The fourth-order valence-corrected chi connectivity index (χ4v) is 3.06. The van der Waals surface area contributed by atoms with E-state index >= 15 is 0 Å². The molecule has 0 atom stereocenters. The van der Waals surface area contributed by atoms with Crippen LogP contribution in [-0.2, 0) is 12.8 Å². The third-order valence-corrected chi connectivity index (χ3v) is 4.41. The molecule has 2 rings (SSSR count). The zero-order valence-corrected chi connectivity index (χ0v) is 17.5. The largest absolute Gasteiger partial charge is 0.494 e. The molecule has 1 aromatic heterocycles. The van der Waals surface area contributed by atoms with E-state index in [-0.39, 0.29) is 24.0 Å². The van der Waals surface area contributed by atoms with Crippen molar-refractivity contribution in [2.75, 3.05) is 19.7 Å². The van der Waals surface area contributed by atoms with E-state index in [0.29, 0.717) is 30.7 Å². The molecule has 4 nitrogen and oxygen atoms in total. The van der Waals surface area contributed by atoms with Gasteiger partial charge < -0.3 is 15.8 Å². The van der Waals surface area contributed by atoms with Crippen LogP contribution in [0.25, 0.3) is 0 Å². The zero-order chi connectivity index (χ0) is 16.5. The summed E-state index contributed by atoms with van der Waals surface area (Å²) in [6.07, 6.45) is 1.69. The fourth-order valence-electron chi connectivity index (χ4n) is 2.16. The number of rotatable bonds is 8. The number of nitrogens with zero attached hydrogens (tertiary/aromatic N) is 1. The van der Waals surface area contributed by atoms with Crippen molar-refractivity contribution in [3.8, 4) is 5.75 Å². The standard InChI is InChI=1S/C17H22ClN3OS.HI/c1-2-22-16-6-5-14(18)12-13(16)7-9-20-17(19)21-10-8-15-4-3-11-23-15;/h3-6,11-12H,2,7-10H2,1H3,(H3,19,20,21);1H. The molecule has 0 spiro atoms. The van der Waals surface area contributed by atoms with E-state index in [1.807, 2.05) is 31.2 Å². The first kappa shape index (κ1) is 21.1. The molecule has 0 fully saturated rings. The van der Waals surface area contributed by atoms with Crippen LogP contribution in [0, 0.1) is 0 Å². The average Bonchev–Trinajstić information content (AvgIpc) is 3.03. The quantitative estimate of drug-likeness (QED) is 0.340.